The summed E-state index contributed by atoms with van der Waals surface area (Å²) in [5.41, 5.74) is 0.681. The highest BCUT2D eigenvalue weighted by Gasteiger charge is 2.41. The molecule has 1 aromatic rings. The third kappa shape index (κ3) is 1.96. The van der Waals surface area contributed by atoms with Gasteiger partial charge < -0.3 is 10.2 Å². The third-order valence-corrected chi connectivity index (χ3v) is 4.39. The van der Waals surface area contributed by atoms with E-state index in [0.717, 1.165) is 26.2 Å². The first-order valence-electron chi connectivity index (χ1n) is 7.18. The summed E-state index contributed by atoms with van der Waals surface area (Å²) in [6.07, 6.45) is 0. The lowest BCUT2D eigenvalue weighted by Gasteiger charge is -2.21. The lowest BCUT2D eigenvalue weighted by atomic mass is 10.0. The molecular formula is C13H21N5O2. The van der Waals surface area contributed by atoms with Crippen LogP contribution in [0.4, 0.5) is 11.5 Å². The van der Waals surface area contributed by atoms with Crippen LogP contribution in [0.1, 0.15) is 25.6 Å². The van der Waals surface area contributed by atoms with Gasteiger partial charge in [-0.05, 0) is 32.6 Å². The van der Waals surface area contributed by atoms with Crippen molar-refractivity contribution in [3.8, 4) is 0 Å². The van der Waals surface area contributed by atoms with Crippen molar-refractivity contribution >= 4 is 11.5 Å². The molecule has 0 aliphatic carbocycles. The standard InChI is InChI=1S/C13H21N5O2/c1-8(2)17-13(12(18(19)20)9(3)15-17)16-6-10-4-14-5-11(10)7-16/h8,10-11,14H,4-7H2,1-3H3/t10-,11+. The average molecular weight is 279 g/mol. The van der Waals surface area contributed by atoms with Gasteiger partial charge in [0.2, 0.25) is 5.82 Å². The first kappa shape index (κ1) is 13.4. The fourth-order valence-electron chi connectivity index (χ4n) is 3.42. The molecule has 2 fully saturated rings. The molecule has 0 amide bonds. The van der Waals surface area contributed by atoms with Crippen molar-refractivity contribution < 1.29 is 4.92 Å². The first-order chi connectivity index (χ1) is 9.49. The van der Waals surface area contributed by atoms with Crippen LogP contribution < -0.4 is 10.2 Å². The number of hydrogen-bond donors (Lipinski definition) is 1. The summed E-state index contributed by atoms with van der Waals surface area (Å²) in [5.74, 6) is 1.90. The summed E-state index contributed by atoms with van der Waals surface area (Å²) in [6.45, 7) is 9.55. The van der Waals surface area contributed by atoms with E-state index in [-0.39, 0.29) is 16.7 Å². The van der Waals surface area contributed by atoms with Gasteiger partial charge in [-0.25, -0.2) is 4.68 Å². The van der Waals surface area contributed by atoms with Crippen molar-refractivity contribution in [3.05, 3.63) is 15.8 Å². The molecule has 0 saturated carbocycles. The normalized spacial score (nSPS) is 25.5. The van der Waals surface area contributed by atoms with Crippen molar-refractivity contribution in [2.24, 2.45) is 11.8 Å². The predicted octanol–water partition coefficient (Wildman–Crippen LogP) is 1.34. The molecule has 2 aliphatic heterocycles. The molecule has 1 aromatic heterocycles. The Morgan fingerprint density at radius 1 is 1.35 bits per heavy atom. The largest absolute Gasteiger partial charge is 0.350 e. The molecule has 0 aromatic carbocycles. The Morgan fingerprint density at radius 2 is 1.95 bits per heavy atom. The van der Waals surface area contributed by atoms with Gasteiger partial charge in [0, 0.05) is 32.2 Å². The second-order valence-corrected chi connectivity index (χ2v) is 6.14. The fraction of sp³-hybridized carbons (Fsp3) is 0.769. The number of nitro groups is 1. The molecule has 2 aliphatic rings. The zero-order chi connectivity index (χ0) is 14.4. The van der Waals surface area contributed by atoms with E-state index < -0.39 is 0 Å². The number of aryl methyl sites for hydroxylation is 1. The van der Waals surface area contributed by atoms with Crippen LogP contribution >= 0.6 is 0 Å². The number of nitrogens with one attached hydrogen (secondary N) is 1. The lowest BCUT2D eigenvalue weighted by Crippen LogP contribution is -2.28. The van der Waals surface area contributed by atoms with Gasteiger partial charge in [0.1, 0.15) is 5.69 Å². The molecule has 7 heteroatoms. The van der Waals surface area contributed by atoms with Gasteiger partial charge >= 0.3 is 5.69 Å². The zero-order valence-corrected chi connectivity index (χ0v) is 12.2. The summed E-state index contributed by atoms with van der Waals surface area (Å²) in [7, 11) is 0. The number of aromatic nitrogens is 2. The van der Waals surface area contributed by atoms with Crippen LogP contribution in [0.15, 0.2) is 0 Å². The number of anilines is 1. The third-order valence-electron chi connectivity index (χ3n) is 4.39. The van der Waals surface area contributed by atoms with Gasteiger partial charge in [-0.1, -0.05) is 0 Å². The topological polar surface area (TPSA) is 76.2 Å². The van der Waals surface area contributed by atoms with E-state index in [4.69, 9.17) is 0 Å². The minimum absolute atomic E-state index is 0.121. The number of fused-ring (bicyclic) bond motifs is 1. The molecule has 2 atom stereocenters. The van der Waals surface area contributed by atoms with E-state index in [0.29, 0.717) is 23.3 Å². The second-order valence-electron chi connectivity index (χ2n) is 6.14. The highest BCUT2D eigenvalue weighted by Crippen LogP contribution is 2.38. The van der Waals surface area contributed by atoms with E-state index in [2.05, 4.69) is 15.3 Å². The molecule has 1 N–H and O–H groups in total. The molecule has 110 valence electrons. The lowest BCUT2D eigenvalue weighted by molar-refractivity contribution is -0.384. The van der Waals surface area contributed by atoms with Crippen molar-refractivity contribution in [3.63, 3.8) is 0 Å². The molecule has 0 bridgehead atoms. The van der Waals surface area contributed by atoms with Gasteiger partial charge in [0.15, 0.2) is 0 Å². The van der Waals surface area contributed by atoms with Crippen molar-refractivity contribution in [2.75, 3.05) is 31.1 Å². The summed E-state index contributed by atoms with van der Waals surface area (Å²) in [4.78, 5) is 13.3. The van der Waals surface area contributed by atoms with E-state index >= 15 is 0 Å². The Hall–Kier alpha value is -1.63. The Balaban J connectivity index is 2.01. The zero-order valence-electron chi connectivity index (χ0n) is 12.2. The number of hydrogen-bond acceptors (Lipinski definition) is 5. The monoisotopic (exact) mass is 279 g/mol. The fourth-order valence-corrected chi connectivity index (χ4v) is 3.42. The molecule has 20 heavy (non-hydrogen) atoms. The van der Waals surface area contributed by atoms with Crippen LogP contribution in [0.5, 0.6) is 0 Å². The van der Waals surface area contributed by atoms with Crippen LogP contribution in [0.25, 0.3) is 0 Å². The Labute approximate surface area is 118 Å². The van der Waals surface area contributed by atoms with Gasteiger partial charge in [-0.2, -0.15) is 5.10 Å². The molecule has 0 spiro atoms. The molecule has 0 unspecified atom stereocenters. The minimum atomic E-state index is -0.289. The van der Waals surface area contributed by atoms with Crippen LogP contribution in [-0.4, -0.2) is 40.9 Å². The maximum Gasteiger partial charge on any atom is 0.333 e. The summed E-state index contributed by atoms with van der Waals surface area (Å²) in [5, 5.41) is 19.2. The van der Waals surface area contributed by atoms with Crippen molar-refractivity contribution in [1.82, 2.24) is 15.1 Å². The van der Waals surface area contributed by atoms with Crippen LogP contribution in [0.3, 0.4) is 0 Å². The van der Waals surface area contributed by atoms with E-state index in [1.807, 2.05) is 18.5 Å². The number of rotatable bonds is 3. The SMILES string of the molecule is Cc1nn(C(C)C)c(N2C[C@H]3CNC[C@H]3C2)c1[N+](=O)[O-]. The van der Waals surface area contributed by atoms with E-state index in [1.165, 1.54) is 0 Å². The van der Waals surface area contributed by atoms with Gasteiger partial charge in [-0.15, -0.1) is 0 Å². The molecule has 7 nitrogen and oxygen atoms in total. The Morgan fingerprint density at radius 3 is 2.45 bits per heavy atom. The van der Waals surface area contributed by atoms with E-state index in [9.17, 15) is 10.1 Å². The molecule has 3 heterocycles. The van der Waals surface area contributed by atoms with Gasteiger partial charge in [0.05, 0.1) is 4.92 Å². The van der Waals surface area contributed by atoms with Crippen LogP contribution in [-0.2, 0) is 0 Å². The predicted molar refractivity (Wildman–Crippen MR) is 76.1 cm³/mol. The summed E-state index contributed by atoms with van der Waals surface area (Å²) >= 11 is 0. The van der Waals surface area contributed by atoms with Crippen molar-refractivity contribution in [2.45, 2.75) is 26.8 Å². The quantitative estimate of drug-likeness (QED) is 0.667. The van der Waals surface area contributed by atoms with Crippen molar-refractivity contribution in [1.29, 1.82) is 0 Å². The van der Waals surface area contributed by atoms with Crippen LogP contribution in [0.2, 0.25) is 0 Å². The van der Waals surface area contributed by atoms with Crippen LogP contribution in [0, 0.1) is 28.9 Å². The molecule has 2 saturated heterocycles. The maximum atomic E-state index is 11.4. The Kier molecular flexibility index (Phi) is 3.16. The van der Waals surface area contributed by atoms with E-state index in [1.54, 1.807) is 6.92 Å². The first-order valence-corrected chi connectivity index (χ1v) is 7.18. The highest BCUT2D eigenvalue weighted by atomic mass is 16.6. The van der Waals surface area contributed by atoms with Gasteiger partial charge in [0.25, 0.3) is 0 Å². The second kappa shape index (κ2) is 4.73. The maximum absolute atomic E-state index is 11.4. The molecular weight excluding hydrogens is 258 g/mol. The summed E-state index contributed by atoms with van der Waals surface area (Å²) in [6, 6.07) is 0.121. The Bertz CT molecular complexity index is 527. The molecule has 3 rings (SSSR count). The van der Waals surface area contributed by atoms with Gasteiger partial charge in [-0.3, -0.25) is 10.1 Å². The average Bonchev–Trinajstić information content (AvgIpc) is 2.98. The minimum Gasteiger partial charge on any atom is -0.350 e. The molecule has 0 radical (unpaired) electrons. The summed E-state index contributed by atoms with van der Waals surface area (Å²) < 4.78 is 1.81. The number of nitrogens with zero attached hydrogens (tertiary/aromatic N) is 4. The highest BCUT2D eigenvalue weighted by molar-refractivity contribution is 5.62. The smallest absolute Gasteiger partial charge is 0.333 e.